The zero-order valence-corrected chi connectivity index (χ0v) is 16.1. The molecular weight excluding hydrogens is 368 g/mol. The minimum atomic E-state index is -3.39. The Morgan fingerprint density at radius 2 is 2.07 bits per heavy atom. The van der Waals surface area contributed by atoms with Crippen LogP contribution in [0.1, 0.15) is 22.5 Å². The highest BCUT2D eigenvalue weighted by Gasteiger charge is 2.32. The lowest BCUT2D eigenvalue weighted by Crippen LogP contribution is -2.38. The second kappa shape index (κ2) is 7.71. The van der Waals surface area contributed by atoms with Crippen molar-refractivity contribution < 1.29 is 18.3 Å². The molecule has 2 heterocycles. The molecule has 27 heavy (non-hydrogen) atoms. The molecule has 1 aliphatic heterocycles. The highest BCUT2D eigenvalue weighted by atomic mass is 32.2. The fraction of sp³-hybridized carbons (Fsp3) is 0.389. The van der Waals surface area contributed by atoms with Crippen molar-refractivity contribution in [2.45, 2.75) is 12.8 Å². The molecule has 1 aromatic heterocycles. The maximum absolute atomic E-state index is 12.2. The highest BCUT2D eigenvalue weighted by molar-refractivity contribution is 7.86. The first-order valence-electron chi connectivity index (χ1n) is 8.59. The summed E-state index contributed by atoms with van der Waals surface area (Å²) in [4.78, 5) is 19.7. The molecule has 1 N–H and O–H groups in total. The molecule has 8 nitrogen and oxygen atoms in total. The van der Waals surface area contributed by atoms with Gasteiger partial charge in [-0.1, -0.05) is 12.1 Å². The van der Waals surface area contributed by atoms with Crippen molar-refractivity contribution in [3.8, 4) is 11.3 Å². The molecule has 1 saturated heterocycles. The van der Waals surface area contributed by atoms with Gasteiger partial charge in [0.2, 0.25) is 0 Å². The van der Waals surface area contributed by atoms with E-state index in [0.717, 1.165) is 12.1 Å². The van der Waals surface area contributed by atoms with Gasteiger partial charge in [0.05, 0.1) is 11.3 Å². The SMILES string of the molecule is CN(C)S(=O)(=O)N1CC[C@H](Cc2cc(-c3cccc(C(=O)O)c3)ncn2)C1. The van der Waals surface area contributed by atoms with Gasteiger partial charge in [-0.3, -0.25) is 0 Å². The lowest BCUT2D eigenvalue weighted by atomic mass is 10.0. The Morgan fingerprint density at radius 1 is 1.30 bits per heavy atom. The molecule has 0 saturated carbocycles. The van der Waals surface area contributed by atoms with E-state index in [2.05, 4.69) is 9.97 Å². The summed E-state index contributed by atoms with van der Waals surface area (Å²) in [6.07, 6.45) is 2.88. The smallest absolute Gasteiger partial charge is 0.335 e. The molecular formula is C18H22N4O4S. The first-order chi connectivity index (χ1) is 12.8. The summed E-state index contributed by atoms with van der Waals surface area (Å²) >= 11 is 0. The van der Waals surface area contributed by atoms with Crippen LogP contribution < -0.4 is 0 Å². The van der Waals surface area contributed by atoms with Gasteiger partial charge in [-0.2, -0.15) is 17.0 Å². The number of carboxylic acid groups (broad SMARTS) is 1. The molecule has 3 rings (SSSR count). The molecule has 0 aliphatic carbocycles. The van der Waals surface area contributed by atoms with Crippen molar-refractivity contribution in [3.05, 3.63) is 47.9 Å². The van der Waals surface area contributed by atoms with Gasteiger partial charge in [0, 0.05) is 38.4 Å². The summed E-state index contributed by atoms with van der Waals surface area (Å²) in [5, 5.41) is 9.14. The molecule has 1 atom stereocenters. The Kier molecular flexibility index (Phi) is 5.54. The summed E-state index contributed by atoms with van der Waals surface area (Å²) in [5.41, 5.74) is 2.38. The quantitative estimate of drug-likeness (QED) is 0.802. The average molecular weight is 390 g/mol. The third-order valence-corrected chi connectivity index (χ3v) is 6.57. The Labute approximate surface area is 158 Å². The highest BCUT2D eigenvalue weighted by Crippen LogP contribution is 2.25. The topological polar surface area (TPSA) is 104 Å². The lowest BCUT2D eigenvalue weighted by molar-refractivity contribution is 0.0697. The molecule has 1 fully saturated rings. The summed E-state index contributed by atoms with van der Waals surface area (Å²) in [6, 6.07) is 8.44. The van der Waals surface area contributed by atoms with E-state index in [1.807, 2.05) is 6.07 Å². The van der Waals surface area contributed by atoms with Crippen LogP contribution in [0.5, 0.6) is 0 Å². The molecule has 9 heteroatoms. The molecule has 2 aromatic rings. The van der Waals surface area contributed by atoms with Gasteiger partial charge in [0.15, 0.2) is 0 Å². The van der Waals surface area contributed by atoms with Crippen LogP contribution in [0.2, 0.25) is 0 Å². The fourth-order valence-electron chi connectivity index (χ4n) is 3.18. The molecule has 0 bridgehead atoms. The second-order valence-electron chi connectivity index (χ2n) is 6.79. The second-order valence-corrected chi connectivity index (χ2v) is 8.93. The monoisotopic (exact) mass is 390 g/mol. The van der Waals surface area contributed by atoms with Crippen molar-refractivity contribution in [2.24, 2.45) is 5.92 Å². The first-order valence-corrected chi connectivity index (χ1v) is 9.99. The third-order valence-electron chi connectivity index (χ3n) is 4.66. The predicted octanol–water partition coefficient (Wildman–Crippen LogP) is 1.51. The first kappa shape index (κ1) is 19.4. The van der Waals surface area contributed by atoms with E-state index in [-0.39, 0.29) is 11.5 Å². The fourth-order valence-corrected chi connectivity index (χ4v) is 4.38. The molecule has 0 amide bonds. The van der Waals surface area contributed by atoms with Crippen molar-refractivity contribution in [1.29, 1.82) is 0 Å². The summed E-state index contributed by atoms with van der Waals surface area (Å²) in [6.45, 7) is 0.970. The largest absolute Gasteiger partial charge is 0.478 e. The number of hydrogen-bond donors (Lipinski definition) is 1. The van der Waals surface area contributed by atoms with E-state index in [0.29, 0.717) is 30.8 Å². The van der Waals surface area contributed by atoms with Crippen LogP contribution in [0.25, 0.3) is 11.3 Å². The molecule has 144 valence electrons. The van der Waals surface area contributed by atoms with Gasteiger partial charge in [-0.05, 0) is 37.0 Å². The van der Waals surface area contributed by atoms with Crippen molar-refractivity contribution in [3.63, 3.8) is 0 Å². The van der Waals surface area contributed by atoms with Gasteiger partial charge in [-0.15, -0.1) is 0 Å². The third kappa shape index (κ3) is 4.32. The van der Waals surface area contributed by atoms with E-state index in [4.69, 9.17) is 5.11 Å². The average Bonchev–Trinajstić information content (AvgIpc) is 3.11. The lowest BCUT2D eigenvalue weighted by Gasteiger charge is -2.20. The van der Waals surface area contributed by atoms with Gasteiger partial charge in [-0.25, -0.2) is 14.8 Å². The van der Waals surface area contributed by atoms with Crippen molar-refractivity contribution in [2.75, 3.05) is 27.2 Å². The summed E-state index contributed by atoms with van der Waals surface area (Å²) in [7, 11) is -0.323. The molecule has 1 aliphatic rings. The van der Waals surface area contributed by atoms with Crippen molar-refractivity contribution in [1.82, 2.24) is 18.6 Å². The predicted molar refractivity (Wildman–Crippen MR) is 100 cm³/mol. The maximum atomic E-state index is 12.2. The van der Waals surface area contributed by atoms with Gasteiger partial charge < -0.3 is 5.11 Å². The maximum Gasteiger partial charge on any atom is 0.335 e. The Hall–Kier alpha value is -2.36. The van der Waals surface area contributed by atoms with E-state index < -0.39 is 16.2 Å². The standard InChI is InChI=1S/C18H22N4O4S/c1-21(2)27(25,26)22-7-6-13(11-22)8-16-10-17(20-12-19-16)14-4-3-5-15(9-14)18(23)24/h3-5,9-10,12-13H,6-8,11H2,1-2H3,(H,23,24)/t13-/m1/s1. The molecule has 0 unspecified atom stereocenters. The van der Waals surface area contributed by atoms with E-state index in [9.17, 15) is 13.2 Å². The van der Waals surface area contributed by atoms with Crippen molar-refractivity contribution >= 4 is 16.2 Å². The summed E-state index contributed by atoms with van der Waals surface area (Å²) in [5.74, 6) is -0.799. The van der Waals surface area contributed by atoms with Crippen LogP contribution in [0, 0.1) is 5.92 Å². The Bertz CT molecular complexity index is 946. The van der Waals surface area contributed by atoms with E-state index in [1.165, 1.54) is 35.1 Å². The van der Waals surface area contributed by atoms with Crippen LogP contribution in [0.4, 0.5) is 0 Å². The van der Waals surface area contributed by atoms with Crippen LogP contribution in [-0.4, -0.2) is 65.3 Å². The molecule has 1 aromatic carbocycles. The number of benzene rings is 1. The number of carboxylic acids is 1. The van der Waals surface area contributed by atoms with Crippen LogP contribution in [0.3, 0.4) is 0 Å². The summed E-state index contributed by atoms with van der Waals surface area (Å²) < 4.78 is 27.2. The number of aromatic carboxylic acids is 1. The van der Waals surface area contributed by atoms with Crippen LogP contribution in [-0.2, 0) is 16.6 Å². The normalized spacial score (nSPS) is 18.1. The zero-order chi connectivity index (χ0) is 19.6. The van der Waals surface area contributed by atoms with Crippen LogP contribution in [0.15, 0.2) is 36.7 Å². The van der Waals surface area contributed by atoms with Gasteiger partial charge in [0.25, 0.3) is 10.2 Å². The zero-order valence-electron chi connectivity index (χ0n) is 15.2. The number of hydrogen-bond acceptors (Lipinski definition) is 5. The number of nitrogens with zero attached hydrogens (tertiary/aromatic N) is 4. The van der Waals surface area contributed by atoms with E-state index >= 15 is 0 Å². The Balaban J connectivity index is 1.74. The number of carbonyl (C=O) groups is 1. The van der Waals surface area contributed by atoms with Gasteiger partial charge >= 0.3 is 5.97 Å². The minimum Gasteiger partial charge on any atom is -0.478 e. The molecule has 0 radical (unpaired) electrons. The number of rotatable bonds is 6. The number of aromatic nitrogens is 2. The molecule has 0 spiro atoms. The van der Waals surface area contributed by atoms with E-state index in [1.54, 1.807) is 18.2 Å². The Morgan fingerprint density at radius 3 is 2.78 bits per heavy atom. The van der Waals surface area contributed by atoms with Crippen LogP contribution >= 0.6 is 0 Å². The van der Waals surface area contributed by atoms with Gasteiger partial charge in [0.1, 0.15) is 6.33 Å². The minimum absolute atomic E-state index is 0.188.